The Morgan fingerprint density at radius 1 is 1.14 bits per heavy atom. The van der Waals surface area contributed by atoms with E-state index < -0.39 is 0 Å². The van der Waals surface area contributed by atoms with Gasteiger partial charge in [0.2, 0.25) is 5.91 Å². The van der Waals surface area contributed by atoms with Gasteiger partial charge in [-0.3, -0.25) is 14.6 Å². The average Bonchev–Trinajstić information content (AvgIpc) is 2.53. The summed E-state index contributed by atoms with van der Waals surface area (Å²) < 4.78 is 0.820. The minimum atomic E-state index is -0.274. The zero-order valence-corrected chi connectivity index (χ0v) is 13.5. The van der Waals surface area contributed by atoms with Crippen molar-refractivity contribution in [2.24, 2.45) is 0 Å². The molecule has 0 radical (unpaired) electrons. The number of hydrogen-bond donors (Lipinski definition) is 2. The summed E-state index contributed by atoms with van der Waals surface area (Å²) in [5, 5.41) is 5.35. The monoisotopic (exact) mass is 361 g/mol. The standard InChI is InChI=1S/C16H16BrN3O2/c17-14-5-1-4-13(9-14)16(22)20-11-15(21)19-8-6-12-3-2-7-18-10-12/h1-5,7,9-10H,6,8,11H2,(H,19,21)(H,20,22). The van der Waals surface area contributed by atoms with Gasteiger partial charge in [-0.05, 0) is 36.2 Å². The van der Waals surface area contributed by atoms with E-state index in [9.17, 15) is 9.59 Å². The fourth-order valence-electron chi connectivity index (χ4n) is 1.85. The molecule has 1 heterocycles. The number of nitrogens with zero attached hydrogens (tertiary/aromatic N) is 1. The van der Waals surface area contributed by atoms with E-state index in [1.807, 2.05) is 18.2 Å². The van der Waals surface area contributed by atoms with Gasteiger partial charge in [-0.2, -0.15) is 0 Å². The number of rotatable bonds is 6. The number of benzene rings is 1. The molecule has 114 valence electrons. The maximum Gasteiger partial charge on any atom is 0.251 e. The van der Waals surface area contributed by atoms with E-state index >= 15 is 0 Å². The Morgan fingerprint density at radius 2 is 2.00 bits per heavy atom. The van der Waals surface area contributed by atoms with Gasteiger partial charge in [0, 0.05) is 29.0 Å². The van der Waals surface area contributed by atoms with Gasteiger partial charge < -0.3 is 10.6 Å². The zero-order valence-electron chi connectivity index (χ0n) is 11.9. The van der Waals surface area contributed by atoms with Crippen molar-refractivity contribution in [3.8, 4) is 0 Å². The van der Waals surface area contributed by atoms with Crippen LogP contribution in [0, 0.1) is 0 Å². The first-order chi connectivity index (χ1) is 10.6. The lowest BCUT2D eigenvalue weighted by atomic mass is 10.2. The summed E-state index contributed by atoms with van der Waals surface area (Å²) in [5.41, 5.74) is 1.57. The zero-order chi connectivity index (χ0) is 15.8. The average molecular weight is 362 g/mol. The first-order valence-electron chi connectivity index (χ1n) is 6.84. The van der Waals surface area contributed by atoms with Crippen molar-refractivity contribution in [3.05, 3.63) is 64.4 Å². The van der Waals surface area contributed by atoms with Crippen molar-refractivity contribution in [3.63, 3.8) is 0 Å². The highest BCUT2D eigenvalue weighted by Gasteiger charge is 2.08. The van der Waals surface area contributed by atoms with E-state index in [2.05, 4.69) is 31.5 Å². The molecule has 0 saturated carbocycles. The van der Waals surface area contributed by atoms with Crippen molar-refractivity contribution < 1.29 is 9.59 Å². The van der Waals surface area contributed by atoms with Gasteiger partial charge in [0.15, 0.2) is 0 Å². The lowest BCUT2D eigenvalue weighted by Crippen LogP contribution is -2.37. The first-order valence-corrected chi connectivity index (χ1v) is 7.64. The van der Waals surface area contributed by atoms with E-state index in [0.717, 1.165) is 10.0 Å². The maximum absolute atomic E-state index is 11.9. The lowest BCUT2D eigenvalue weighted by molar-refractivity contribution is -0.120. The van der Waals surface area contributed by atoms with Crippen LogP contribution in [0.1, 0.15) is 15.9 Å². The number of nitrogens with one attached hydrogen (secondary N) is 2. The number of carbonyl (C=O) groups is 2. The van der Waals surface area contributed by atoms with Gasteiger partial charge in [-0.1, -0.05) is 28.1 Å². The molecule has 2 aromatic rings. The number of pyridine rings is 1. The molecule has 0 fully saturated rings. The highest BCUT2D eigenvalue weighted by atomic mass is 79.9. The fraction of sp³-hybridized carbons (Fsp3) is 0.188. The smallest absolute Gasteiger partial charge is 0.251 e. The number of halogens is 1. The molecule has 1 aromatic carbocycles. The minimum absolute atomic E-state index is 0.0433. The topological polar surface area (TPSA) is 71.1 Å². The van der Waals surface area contributed by atoms with E-state index in [0.29, 0.717) is 18.5 Å². The van der Waals surface area contributed by atoms with Gasteiger partial charge in [0.25, 0.3) is 5.91 Å². The third-order valence-electron chi connectivity index (χ3n) is 2.95. The lowest BCUT2D eigenvalue weighted by Gasteiger charge is -2.07. The largest absolute Gasteiger partial charge is 0.354 e. The minimum Gasteiger partial charge on any atom is -0.354 e. The summed E-state index contributed by atoms with van der Waals surface area (Å²) in [7, 11) is 0. The second kappa shape index (κ2) is 8.29. The van der Waals surface area contributed by atoms with Crippen LogP contribution in [0.3, 0.4) is 0 Å². The normalized spacial score (nSPS) is 10.0. The molecule has 0 aliphatic carbocycles. The molecule has 5 nitrogen and oxygen atoms in total. The summed E-state index contributed by atoms with van der Waals surface area (Å²) >= 11 is 3.30. The quantitative estimate of drug-likeness (QED) is 0.825. The third-order valence-corrected chi connectivity index (χ3v) is 3.45. The molecular formula is C16H16BrN3O2. The predicted octanol–water partition coefficient (Wildman–Crippen LogP) is 1.93. The van der Waals surface area contributed by atoms with Gasteiger partial charge in [0.1, 0.15) is 0 Å². The van der Waals surface area contributed by atoms with Crippen molar-refractivity contribution in [1.29, 1.82) is 0 Å². The molecule has 0 spiro atoms. The van der Waals surface area contributed by atoms with Crippen LogP contribution < -0.4 is 10.6 Å². The second-order valence-corrected chi connectivity index (χ2v) is 5.57. The second-order valence-electron chi connectivity index (χ2n) is 4.65. The first kappa shape index (κ1) is 16.2. The summed E-state index contributed by atoms with van der Waals surface area (Å²) in [6, 6.07) is 10.8. The van der Waals surface area contributed by atoms with Crippen LogP contribution in [-0.2, 0) is 11.2 Å². The van der Waals surface area contributed by atoms with Gasteiger partial charge in [-0.25, -0.2) is 0 Å². The number of carbonyl (C=O) groups excluding carboxylic acids is 2. The molecule has 0 aliphatic rings. The van der Waals surface area contributed by atoms with E-state index in [1.165, 1.54) is 0 Å². The molecule has 2 rings (SSSR count). The Hall–Kier alpha value is -2.21. The Bertz CT molecular complexity index is 647. The summed E-state index contributed by atoms with van der Waals surface area (Å²) in [6.07, 6.45) is 4.18. The SMILES string of the molecule is O=C(CNC(=O)c1cccc(Br)c1)NCCc1cccnc1. The Kier molecular flexibility index (Phi) is 6.09. The molecule has 2 N–H and O–H groups in total. The molecular weight excluding hydrogens is 346 g/mol. The van der Waals surface area contributed by atoms with Gasteiger partial charge in [0.05, 0.1) is 6.54 Å². The van der Waals surface area contributed by atoms with E-state index in [-0.39, 0.29) is 18.4 Å². The van der Waals surface area contributed by atoms with E-state index in [1.54, 1.807) is 30.6 Å². The highest BCUT2D eigenvalue weighted by molar-refractivity contribution is 9.10. The number of aromatic nitrogens is 1. The molecule has 0 unspecified atom stereocenters. The van der Waals surface area contributed by atoms with Crippen LogP contribution in [0.25, 0.3) is 0 Å². The summed E-state index contributed by atoms with van der Waals surface area (Å²) in [4.78, 5) is 27.6. The number of amides is 2. The third kappa shape index (κ3) is 5.29. The molecule has 0 atom stereocenters. The molecule has 0 saturated heterocycles. The van der Waals surface area contributed by atoms with Crippen LogP contribution in [0.4, 0.5) is 0 Å². The molecule has 2 amide bonds. The van der Waals surface area contributed by atoms with Gasteiger partial charge in [-0.15, -0.1) is 0 Å². The van der Waals surface area contributed by atoms with Crippen molar-refractivity contribution in [2.75, 3.05) is 13.1 Å². The van der Waals surface area contributed by atoms with E-state index in [4.69, 9.17) is 0 Å². The van der Waals surface area contributed by atoms with Crippen LogP contribution >= 0.6 is 15.9 Å². The summed E-state index contributed by atoms with van der Waals surface area (Å²) in [5.74, 6) is -0.490. The summed E-state index contributed by atoms with van der Waals surface area (Å²) in [6.45, 7) is 0.468. The van der Waals surface area contributed by atoms with Crippen LogP contribution in [0.5, 0.6) is 0 Å². The molecule has 0 aliphatic heterocycles. The van der Waals surface area contributed by atoms with Crippen LogP contribution in [-0.4, -0.2) is 29.9 Å². The fourth-order valence-corrected chi connectivity index (χ4v) is 2.25. The van der Waals surface area contributed by atoms with Crippen LogP contribution in [0.2, 0.25) is 0 Å². The predicted molar refractivity (Wildman–Crippen MR) is 87.4 cm³/mol. The van der Waals surface area contributed by atoms with Crippen molar-refractivity contribution in [1.82, 2.24) is 15.6 Å². The maximum atomic E-state index is 11.9. The Balaban J connectivity index is 1.70. The Labute approximate surface area is 137 Å². The van der Waals surface area contributed by atoms with Crippen LogP contribution in [0.15, 0.2) is 53.3 Å². The number of hydrogen-bond acceptors (Lipinski definition) is 3. The Morgan fingerprint density at radius 3 is 2.73 bits per heavy atom. The highest BCUT2D eigenvalue weighted by Crippen LogP contribution is 2.11. The molecule has 0 bridgehead atoms. The molecule has 1 aromatic heterocycles. The van der Waals surface area contributed by atoms with Crippen molar-refractivity contribution >= 4 is 27.7 Å². The van der Waals surface area contributed by atoms with Gasteiger partial charge >= 0.3 is 0 Å². The van der Waals surface area contributed by atoms with Crippen molar-refractivity contribution in [2.45, 2.75) is 6.42 Å². The molecule has 6 heteroatoms. The molecule has 22 heavy (non-hydrogen) atoms.